The molecule has 1 N–H and O–H groups in total. The van der Waals surface area contributed by atoms with Crippen molar-refractivity contribution in [2.24, 2.45) is 5.92 Å². The predicted octanol–water partition coefficient (Wildman–Crippen LogP) is 5.42. The van der Waals surface area contributed by atoms with Crippen molar-refractivity contribution in [3.05, 3.63) is 69.2 Å². The van der Waals surface area contributed by atoms with Crippen LogP contribution in [-0.2, 0) is 22.6 Å². The quantitative estimate of drug-likeness (QED) is 0.556. The first-order chi connectivity index (χ1) is 14.2. The molecule has 1 unspecified atom stereocenters. The fourth-order valence-corrected chi connectivity index (χ4v) is 3.49. The van der Waals surface area contributed by atoms with Gasteiger partial charge in [-0.15, -0.1) is 0 Å². The minimum absolute atomic E-state index is 0.0891. The van der Waals surface area contributed by atoms with Crippen LogP contribution in [0.15, 0.2) is 42.5 Å². The molecule has 2 aromatic rings. The Bertz CT molecular complexity index is 866. The molecule has 0 radical (unpaired) electrons. The van der Waals surface area contributed by atoms with E-state index in [9.17, 15) is 9.59 Å². The maximum absolute atomic E-state index is 13.1. The van der Waals surface area contributed by atoms with E-state index in [2.05, 4.69) is 5.32 Å². The van der Waals surface area contributed by atoms with Crippen LogP contribution in [0.25, 0.3) is 0 Å². The van der Waals surface area contributed by atoms with Gasteiger partial charge in [-0.1, -0.05) is 72.9 Å². The Morgan fingerprint density at radius 3 is 2.30 bits per heavy atom. The van der Waals surface area contributed by atoms with Crippen molar-refractivity contribution in [2.75, 3.05) is 6.54 Å². The number of carbonyl (C=O) groups excluding carboxylic acids is 2. The molecular weight excluding hydrogens is 419 g/mol. The van der Waals surface area contributed by atoms with Crippen molar-refractivity contribution in [1.29, 1.82) is 0 Å². The molecular formula is C24H30Cl2N2O2. The van der Waals surface area contributed by atoms with E-state index in [1.54, 1.807) is 30.0 Å². The molecule has 1 atom stereocenters. The molecule has 0 saturated carbocycles. The molecule has 2 rings (SSSR count). The summed E-state index contributed by atoms with van der Waals surface area (Å²) in [5.74, 6) is 0.0730. The zero-order chi connectivity index (χ0) is 22.3. The van der Waals surface area contributed by atoms with Gasteiger partial charge in [0, 0.05) is 29.6 Å². The average Bonchev–Trinajstić information content (AvgIpc) is 2.70. The third kappa shape index (κ3) is 7.33. The monoisotopic (exact) mass is 448 g/mol. The Morgan fingerprint density at radius 2 is 1.70 bits per heavy atom. The van der Waals surface area contributed by atoms with Crippen LogP contribution in [0.3, 0.4) is 0 Å². The first-order valence-corrected chi connectivity index (χ1v) is 11.0. The summed E-state index contributed by atoms with van der Waals surface area (Å²) >= 11 is 12.3. The van der Waals surface area contributed by atoms with Gasteiger partial charge in [-0.05, 0) is 49.4 Å². The maximum atomic E-state index is 13.1. The Morgan fingerprint density at radius 1 is 1.03 bits per heavy atom. The van der Waals surface area contributed by atoms with E-state index in [1.165, 1.54) is 5.56 Å². The number of hydrogen-bond acceptors (Lipinski definition) is 2. The molecule has 2 aromatic carbocycles. The van der Waals surface area contributed by atoms with Crippen LogP contribution in [0.2, 0.25) is 10.0 Å². The van der Waals surface area contributed by atoms with E-state index < -0.39 is 6.04 Å². The Hall–Kier alpha value is -2.04. The lowest BCUT2D eigenvalue weighted by molar-refractivity contribution is -0.140. The molecule has 162 valence electrons. The van der Waals surface area contributed by atoms with Gasteiger partial charge in [0.25, 0.3) is 0 Å². The first-order valence-electron chi connectivity index (χ1n) is 10.2. The minimum atomic E-state index is -0.610. The molecule has 6 heteroatoms. The molecule has 0 aliphatic rings. The van der Waals surface area contributed by atoms with Crippen LogP contribution >= 0.6 is 23.2 Å². The molecule has 2 amide bonds. The maximum Gasteiger partial charge on any atom is 0.242 e. The summed E-state index contributed by atoms with van der Waals surface area (Å²) in [6, 6.07) is 12.7. The van der Waals surface area contributed by atoms with Gasteiger partial charge in [0.2, 0.25) is 11.8 Å². The van der Waals surface area contributed by atoms with Gasteiger partial charge in [0.05, 0.1) is 0 Å². The van der Waals surface area contributed by atoms with Gasteiger partial charge in [-0.3, -0.25) is 9.59 Å². The Labute approximate surface area is 189 Å². The van der Waals surface area contributed by atoms with E-state index in [1.807, 2.05) is 45.0 Å². The molecule has 0 aliphatic carbocycles. The number of amides is 2. The fraction of sp³-hybridized carbons (Fsp3) is 0.417. The van der Waals surface area contributed by atoms with Gasteiger partial charge >= 0.3 is 0 Å². The molecule has 0 saturated heterocycles. The number of benzene rings is 2. The van der Waals surface area contributed by atoms with Crippen molar-refractivity contribution < 1.29 is 9.59 Å². The summed E-state index contributed by atoms with van der Waals surface area (Å²) < 4.78 is 0. The largest absolute Gasteiger partial charge is 0.354 e. The second kappa shape index (κ2) is 11.4. The molecule has 0 fully saturated rings. The number of carbonyl (C=O) groups is 2. The molecule has 0 aliphatic heterocycles. The van der Waals surface area contributed by atoms with Gasteiger partial charge in [-0.25, -0.2) is 0 Å². The highest BCUT2D eigenvalue weighted by atomic mass is 35.5. The summed E-state index contributed by atoms with van der Waals surface area (Å²) in [6.07, 6.45) is 0.931. The molecule has 0 heterocycles. The first kappa shape index (κ1) is 24.2. The molecule has 0 bridgehead atoms. The van der Waals surface area contributed by atoms with Crippen molar-refractivity contribution in [3.63, 3.8) is 0 Å². The van der Waals surface area contributed by atoms with Crippen molar-refractivity contribution in [1.82, 2.24) is 10.2 Å². The molecule has 0 spiro atoms. The second-order valence-corrected chi connectivity index (χ2v) is 8.90. The molecule has 30 heavy (non-hydrogen) atoms. The number of nitrogens with one attached hydrogen (secondary N) is 1. The van der Waals surface area contributed by atoms with Crippen molar-refractivity contribution in [2.45, 2.75) is 53.1 Å². The summed E-state index contributed by atoms with van der Waals surface area (Å²) in [4.78, 5) is 27.4. The van der Waals surface area contributed by atoms with Crippen LogP contribution < -0.4 is 5.32 Å². The van der Waals surface area contributed by atoms with Crippen LogP contribution in [0.1, 0.15) is 43.9 Å². The summed E-state index contributed by atoms with van der Waals surface area (Å²) in [6.45, 7) is 8.66. The number of halogens is 2. The van der Waals surface area contributed by atoms with Crippen molar-refractivity contribution >= 4 is 35.0 Å². The van der Waals surface area contributed by atoms with Crippen LogP contribution in [0, 0.1) is 12.8 Å². The van der Waals surface area contributed by atoms with E-state index in [0.29, 0.717) is 35.3 Å². The number of aryl methyl sites for hydroxylation is 2. The van der Waals surface area contributed by atoms with Gasteiger partial charge in [0.1, 0.15) is 6.04 Å². The standard InChI is InChI=1S/C24H30Cl2N2O2/c1-16(2)14-27-24(30)18(4)28(15-20-10-11-21(25)13-22(20)26)23(29)12-9-19-7-5-17(3)6-8-19/h5-8,10-11,13,16,18H,9,12,14-15H2,1-4H3,(H,27,30). The highest BCUT2D eigenvalue weighted by Crippen LogP contribution is 2.23. The van der Waals surface area contributed by atoms with E-state index >= 15 is 0 Å². The SMILES string of the molecule is Cc1ccc(CCC(=O)N(Cc2ccc(Cl)cc2Cl)C(C)C(=O)NCC(C)C)cc1. The minimum Gasteiger partial charge on any atom is -0.354 e. The Kier molecular flexibility index (Phi) is 9.19. The highest BCUT2D eigenvalue weighted by molar-refractivity contribution is 6.35. The summed E-state index contributed by atoms with van der Waals surface area (Å²) in [5.41, 5.74) is 3.03. The molecule has 0 aromatic heterocycles. The van der Waals surface area contributed by atoms with E-state index in [4.69, 9.17) is 23.2 Å². The normalized spacial score (nSPS) is 12.0. The van der Waals surface area contributed by atoms with Crippen LogP contribution in [0.4, 0.5) is 0 Å². The molecule has 4 nitrogen and oxygen atoms in total. The number of nitrogens with zero attached hydrogens (tertiary/aromatic N) is 1. The fourth-order valence-electron chi connectivity index (χ4n) is 3.02. The summed E-state index contributed by atoms with van der Waals surface area (Å²) in [5, 5.41) is 3.93. The van der Waals surface area contributed by atoms with Gasteiger partial charge in [0.15, 0.2) is 0 Å². The van der Waals surface area contributed by atoms with Crippen LogP contribution in [-0.4, -0.2) is 29.3 Å². The second-order valence-electron chi connectivity index (χ2n) is 8.06. The van der Waals surface area contributed by atoms with Gasteiger partial charge in [-0.2, -0.15) is 0 Å². The lowest BCUT2D eigenvalue weighted by atomic mass is 10.1. The third-order valence-electron chi connectivity index (χ3n) is 4.96. The Balaban J connectivity index is 2.16. The predicted molar refractivity (Wildman–Crippen MR) is 124 cm³/mol. The highest BCUT2D eigenvalue weighted by Gasteiger charge is 2.26. The van der Waals surface area contributed by atoms with E-state index in [-0.39, 0.29) is 18.4 Å². The topological polar surface area (TPSA) is 49.4 Å². The van der Waals surface area contributed by atoms with E-state index in [0.717, 1.165) is 11.1 Å². The lowest BCUT2D eigenvalue weighted by Gasteiger charge is -2.29. The number of rotatable bonds is 9. The van der Waals surface area contributed by atoms with Gasteiger partial charge < -0.3 is 10.2 Å². The number of hydrogen-bond donors (Lipinski definition) is 1. The van der Waals surface area contributed by atoms with Crippen LogP contribution in [0.5, 0.6) is 0 Å². The van der Waals surface area contributed by atoms with Crippen molar-refractivity contribution in [3.8, 4) is 0 Å². The summed E-state index contributed by atoms with van der Waals surface area (Å²) in [7, 11) is 0. The zero-order valence-electron chi connectivity index (χ0n) is 18.0. The zero-order valence-corrected chi connectivity index (χ0v) is 19.6. The lowest BCUT2D eigenvalue weighted by Crippen LogP contribution is -2.48. The third-order valence-corrected chi connectivity index (χ3v) is 5.54. The smallest absolute Gasteiger partial charge is 0.242 e. The average molecular weight is 449 g/mol.